The fourth-order valence-corrected chi connectivity index (χ4v) is 2.86. The molecule has 2 aromatic carbocycles. The molecule has 0 aliphatic carbocycles. The third-order valence-corrected chi connectivity index (χ3v) is 4.37. The number of ketones is 1. The van der Waals surface area contributed by atoms with Crippen LogP contribution in [0.15, 0.2) is 54.6 Å². The normalized spacial score (nSPS) is 17.1. The number of hydrogen-bond donors (Lipinski definition) is 1. The van der Waals surface area contributed by atoms with E-state index in [0.29, 0.717) is 36.4 Å². The van der Waals surface area contributed by atoms with Crippen LogP contribution in [-0.2, 0) is 19.1 Å². The molecule has 6 heteroatoms. The number of rotatable bonds is 6. The number of benzene rings is 2. The molecule has 6 nitrogen and oxygen atoms in total. The number of carbonyl (C=O) groups is 3. The second-order valence-corrected chi connectivity index (χ2v) is 6.41. The number of amides is 1. The average molecular weight is 367 g/mol. The highest BCUT2D eigenvalue weighted by molar-refractivity contribution is 5.99. The maximum atomic E-state index is 12.8. The lowest BCUT2D eigenvalue weighted by atomic mass is 10.1. The molecular weight excluding hydrogens is 346 g/mol. The van der Waals surface area contributed by atoms with Crippen LogP contribution in [0.4, 0.5) is 5.69 Å². The monoisotopic (exact) mass is 367 g/mol. The van der Waals surface area contributed by atoms with Gasteiger partial charge in [-0.2, -0.15) is 0 Å². The molecule has 0 spiro atoms. The SMILES string of the molecule is CC(=O)c1cccc(NC(=O)[C@@H](OC(=O)[C@H]2CCOC2)c2ccccc2)c1. The highest BCUT2D eigenvalue weighted by atomic mass is 16.6. The van der Waals surface area contributed by atoms with Crippen molar-refractivity contribution >= 4 is 23.3 Å². The lowest BCUT2D eigenvalue weighted by Gasteiger charge is -2.20. The summed E-state index contributed by atoms with van der Waals surface area (Å²) in [5.41, 5.74) is 1.53. The first-order valence-corrected chi connectivity index (χ1v) is 8.79. The molecule has 0 saturated carbocycles. The largest absolute Gasteiger partial charge is 0.447 e. The summed E-state index contributed by atoms with van der Waals surface area (Å²) >= 11 is 0. The van der Waals surface area contributed by atoms with Gasteiger partial charge in [-0.05, 0) is 25.5 Å². The second-order valence-electron chi connectivity index (χ2n) is 6.41. The minimum absolute atomic E-state index is 0.0987. The van der Waals surface area contributed by atoms with Crippen LogP contribution in [0.5, 0.6) is 0 Å². The highest BCUT2D eigenvalue weighted by Gasteiger charge is 2.31. The molecule has 27 heavy (non-hydrogen) atoms. The van der Waals surface area contributed by atoms with Crippen molar-refractivity contribution in [2.75, 3.05) is 18.5 Å². The van der Waals surface area contributed by atoms with Crippen LogP contribution in [0.3, 0.4) is 0 Å². The van der Waals surface area contributed by atoms with Crippen molar-refractivity contribution in [3.63, 3.8) is 0 Å². The van der Waals surface area contributed by atoms with E-state index >= 15 is 0 Å². The Morgan fingerprint density at radius 1 is 1.11 bits per heavy atom. The number of Topliss-reactive ketones (excluding diaryl/α,β-unsaturated/α-hetero) is 1. The molecule has 1 aliphatic heterocycles. The zero-order valence-corrected chi connectivity index (χ0v) is 15.0. The van der Waals surface area contributed by atoms with Gasteiger partial charge in [0.1, 0.15) is 0 Å². The van der Waals surface area contributed by atoms with Gasteiger partial charge in [0.15, 0.2) is 5.78 Å². The van der Waals surface area contributed by atoms with Gasteiger partial charge in [0.2, 0.25) is 6.10 Å². The molecule has 0 unspecified atom stereocenters. The molecule has 140 valence electrons. The van der Waals surface area contributed by atoms with E-state index in [-0.39, 0.29) is 11.7 Å². The van der Waals surface area contributed by atoms with E-state index in [9.17, 15) is 14.4 Å². The van der Waals surface area contributed by atoms with E-state index in [1.54, 1.807) is 48.5 Å². The second kappa shape index (κ2) is 8.60. The number of esters is 1. The molecule has 1 amide bonds. The van der Waals surface area contributed by atoms with Crippen LogP contribution < -0.4 is 5.32 Å². The van der Waals surface area contributed by atoms with Gasteiger partial charge in [0, 0.05) is 23.4 Å². The standard InChI is InChI=1S/C21H21NO5/c1-14(23)16-8-5-9-18(12-16)22-20(24)19(15-6-3-2-4-7-15)27-21(25)17-10-11-26-13-17/h2-9,12,17,19H,10-11,13H2,1H3,(H,22,24)/t17-,19-/m0/s1. The molecule has 1 saturated heterocycles. The summed E-state index contributed by atoms with van der Waals surface area (Å²) in [6.07, 6.45) is -0.497. The van der Waals surface area contributed by atoms with Gasteiger partial charge in [0.25, 0.3) is 5.91 Å². The first-order valence-electron chi connectivity index (χ1n) is 8.79. The molecule has 1 N–H and O–H groups in total. The summed E-state index contributed by atoms with van der Waals surface area (Å²) in [5.74, 6) is -1.38. The summed E-state index contributed by atoms with van der Waals surface area (Å²) in [6.45, 7) is 2.28. The third-order valence-electron chi connectivity index (χ3n) is 4.37. The Labute approximate surface area is 157 Å². The number of nitrogens with one attached hydrogen (secondary N) is 1. The van der Waals surface area contributed by atoms with E-state index in [1.807, 2.05) is 6.07 Å². The Morgan fingerprint density at radius 2 is 1.89 bits per heavy atom. The van der Waals surface area contributed by atoms with E-state index in [0.717, 1.165) is 0 Å². The van der Waals surface area contributed by atoms with E-state index < -0.39 is 18.0 Å². The maximum absolute atomic E-state index is 12.8. The molecule has 2 atom stereocenters. The maximum Gasteiger partial charge on any atom is 0.312 e. The summed E-state index contributed by atoms with van der Waals surface area (Å²) < 4.78 is 10.8. The van der Waals surface area contributed by atoms with Gasteiger partial charge in [-0.25, -0.2) is 0 Å². The first-order chi connectivity index (χ1) is 13.0. The number of ether oxygens (including phenoxy) is 2. The summed E-state index contributed by atoms with van der Waals surface area (Å²) in [6, 6.07) is 15.5. The van der Waals surface area contributed by atoms with E-state index in [4.69, 9.17) is 9.47 Å². The van der Waals surface area contributed by atoms with Gasteiger partial charge >= 0.3 is 5.97 Å². The number of carbonyl (C=O) groups excluding carboxylic acids is 3. The Morgan fingerprint density at radius 3 is 2.56 bits per heavy atom. The Kier molecular flexibility index (Phi) is 5.98. The zero-order chi connectivity index (χ0) is 19.2. The molecule has 1 fully saturated rings. The predicted octanol–water partition coefficient (Wildman–Crippen LogP) is 3.15. The first kappa shape index (κ1) is 18.8. The van der Waals surface area contributed by atoms with Crippen molar-refractivity contribution in [3.05, 3.63) is 65.7 Å². The minimum atomic E-state index is -1.08. The Balaban J connectivity index is 1.79. The van der Waals surface area contributed by atoms with Crippen LogP contribution in [-0.4, -0.2) is 30.9 Å². The van der Waals surface area contributed by atoms with Crippen LogP contribution in [0.2, 0.25) is 0 Å². The Bertz CT molecular complexity index is 827. The summed E-state index contributed by atoms with van der Waals surface area (Å²) in [4.78, 5) is 36.8. The molecule has 3 rings (SSSR count). The van der Waals surface area contributed by atoms with Crippen molar-refractivity contribution in [1.29, 1.82) is 0 Å². The van der Waals surface area contributed by atoms with Crippen molar-refractivity contribution < 1.29 is 23.9 Å². The summed E-state index contributed by atoms with van der Waals surface area (Å²) in [7, 11) is 0. The van der Waals surface area contributed by atoms with Crippen molar-refractivity contribution in [2.45, 2.75) is 19.4 Å². The van der Waals surface area contributed by atoms with Crippen LogP contribution >= 0.6 is 0 Å². The van der Waals surface area contributed by atoms with E-state index in [2.05, 4.69) is 5.32 Å². The quantitative estimate of drug-likeness (QED) is 0.626. The van der Waals surface area contributed by atoms with Crippen LogP contribution in [0.1, 0.15) is 35.4 Å². The lowest BCUT2D eigenvalue weighted by molar-refractivity contribution is -0.158. The molecule has 0 radical (unpaired) electrons. The molecule has 2 aromatic rings. The number of anilines is 1. The molecular formula is C21H21NO5. The smallest absolute Gasteiger partial charge is 0.312 e. The summed E-state index contributed by atoms with van der Waals surface area (Å²) in [5, 5.41) is 2.73. The van der Waals surface area contributed by atoms with Gasteiger partial charge in [-0.1, -0.05) is 42.5 Å². The van der Waals surface area contributed by atoms with Crippen molar-refractivity contribution in [1.82, 2.24) is 0 Å². The third kappa shape index (κ3) is 4.80. The number of hydrogen-bond acceptors (Lipinski definition) is 5. The molecule has 1 heterocycles. The van der Waals surface area contributed by atoms with Crippen molar-refractivity contribution in [2.24, 2.45) is 5.92 Å². The van der Waals surface area contributed by atoms with Gasteiger partial charge in [0.05, 0.1) is 12.5 Å². The van der Waals surface area contributed by atoms with Crippen LogP contribution in [0.25, 0.3) is 0 Å². The molecule has 0 bridgehead atoms. The topological polar surface area (TPSA) is 81.7 Å². The van der Waals surface area contributed by atoms with Gasteiger partial charge in [-0.15, -0.1) is 0 Å². The van der Waals surface area contributed by atoms with Crippen molar-refractivity contribution in [3.8, 4) is 0 Å². The fraction of sp³-hybridized carbons (Fsp3) is 0.286. The fourth-order valence-electron chi connectivity index (χ4n) is 2.86. The Hall–Kier alpha value is -2.99. The van der Waals surface area contributed by atoms with Gasteiger partial charge < -0.3 is 14.8 Å². The van der Waals surface area contributed by atoms with Gasteiger partial charge in [-0.3, -0.25) is 14.4 Å². The zero-order valence-electron chi connectivity index (χ0n) is 15.0. The molecule has 1 aliphatic rings. The highest BCUT2D eigenvalue weighted by Crippen LogP contribution is 2.24. The average Bonchev–Trinajstić information content (AvgIpc) is 3.21. The lowest BCUT2D eigenvalue weighted by Crippen LogP contribution is -2.29. The molecule has 0 aromatic heterocycles. The van der Waals surface area contributed by atoms with E-state index in [1.165, 1.54) is 6.92 Å². The predicted molar refractivity (Wildman–Crippen MR) is 99.3 cm³/mol. The minimum Gasteiger partial charge on any atom is -0.447 e. The van der Waals surface area contributed by atoms with Crippen LogP contribution in [0, 0.1) is 5.92 Å².